The Labute approximate surface area is 103 Å². The van der Waals surface area contributed by atoms with Crippen LogP contribution in [0.15, 0.2) is 27.4 Å². The molecule has 1 aromatic heterocycles. The summed E-state index contributed by atoms with van der Waals surface area (Å²) < 4.78 is 10.6. The highest BCUT2D eigenvalue weighted by Gasteiger charge is 2.12. The van der Waals surface area contributed by atoms with Crippen LogP contribution < -0.4 is 16.4 Å². The van der Waals surface area contributed by atoms with E-state index < -0.39 is 5.76 Å². The fraction of sp³-hybridized carbons (Fsp3) is 0.417. The lowest BCUT2D eigenvalue weighted by molar-refractivity contribution is 0.0372. The third-order valence-corrected chi connectivity index (χ3v) is 2.96. The maximum Gasteiger partial charge on any atom is 0.417 e. The van der Waals surface area contributed by atoms with E-state index >= 15 is 0 Å². The predicted octanol–water partition coefficient (Wildman–Crippen LogP) is 0.521. The van der Waals surface area contributed by atoms with Crippen molar-refractivity contribution in [3.05, 3.63) is 28.7 Å². The second kappa shape index (κ2) is 4.83. The average Bonchev–Trinajstić information content (AvgIpc) is 2.77. The van der Waals surface area contributed by atoms with Gasteiger partial charge in [-0.15, -0.1) is 0 Å². The molecule has 2 heterocycles. The molecule has 0 radical (unpaired) electrons. The Morgan fingerprint density at radius 2 is 2.39 bits per heavy atom. The molecule has 0 aliphatic carbocycles. The SMILES string of the molecule is O=c1[nH]c2ccc(NCC3CNCCO3)cc2o1. The van der Waals surface area contributed by atoms with E-state index in [1.165, 1.54) is 0 Å². The van der Waals surface area contributed by atoms with Gasteiger partial charge in [0.25, 0.3) is 0 Å². The van der Waals surface area contributed by atoms with Crippen LogP contribution in [-0.2, 0) is 4.74 Å². The van der Waals surface area contributed by atoms with Gasteiger partial charge in [-0.2, -0.15) is 0 Å². The van der Waals surface area contributed by atoms with Gasteiger partial charge in [-0.3, -0.25) is 4.98 Å². The maximum atomic E-state index is 11.0. The van der Waals surface area contributed by atoms with Crippen molar-refractivity contribution in [3.8, 4) is 0 Å². The van der Waals surface area contributed by atoms with E-state index in [4.69, 9.17) is 9.15 Å². The number of fused-ring (bicyclic) bond motifs is 1. The lowest BCUT2D eigenvalue weighted by Gasteiger charge is -2.24. The summed E-state index contributed by atoms with van der Waals surface area (Å²) in [5, 5.41) is 6.55. The first-order chi connectivity index (χ1) is 8.81. The van der Waals surface area contributed by atoms with Crippen molar-refractivity contribution in [2.75, 3.05) is 31.6 Å². The van der Waals surface area contributed by atoms with Gasteiger partial charge in [0.1, 0.15) is 0 Å². The molecule has 18 heavy (non-hydrogen) atoms. The second-order valence-corrected chi connectivity index (χ2v) is 4.30. The van der Waals surface area contributed by atoms with Crippen molar-refractivity contribution in [1.82, 2.24) is 10.3 Å². The fourth-order valence-corrected chi connectivity index (χ4v) is 2.04. The van der Waals surface area contributed by atoms with E-state index in [2.05, 4.69) is 15.6 Å². The topological polar surface area (TPSA) is 79.3 Å². The van der Waals surface area contributed by atoms with Crippen LogP contribution in [0.25, 0.3) is 11.1 Å². The first kappa shape index (κ1) is 11.3. The Balaban J connectivity index is 1.68. The summed E-state index contributed by atoms with van der Waals surface area (Å²) in [6.45, 7) is 3.25. The van der Waals surface area contributed by atoms with Crippen molar-refractivity contribution in [1.29, 1.82) is 0 Å². The van der Waals surface area contributed by atoms with Gasteiger partial charge in [0, 0.05) is 31.4 Å². The highest BCUT2D eigenvalue weighted by molar-refractivity contribution is 5.76. The number of nitrogens with one attached hydrogen (secondary N) is 3. The smallest absolute Gasteiger partial charge is 0.408 e. The van der Waals surface area contributed by atoms with Crippen LogP contribution in [0.2, 0.25) is 0 Å². The number of oxazole rings is 1. The number of hydrogen-bond acceptors (Lipinski definition) is 5. The number of benzene rings is 1. The quantitative estimate of drug-likeness (QED) is 0.739. The van der Waals surface area contributed by atoms with Crippen molar-refractivity contribution in [2.45, 2.75) is 6.10 Å². The average molecular weight is 249 g/mol. The molecule has 1 aromatic carbocycles. The highest BCUT2D eigenvalue weighted by atomic mass is 16.5. The highest BCUT2D eigenvalue weighted by Crippen LogP contribution is 2.16. The lowest BCUT2D eigenvalue weighted by atomic mass is 10.2. The van der Waals surface area contributed by atoms with Crippen LogP contribution in [-0.4, -0.2) is 37.3 Å². The zero-order valence-corrected chi connectivity index (χ0v) is 9.86. The van der Waals surface area contributed by atoms with Gasteiger partial charge in [-0.1, -0.05) is 0 Å². The summed E-state index contributed by atoms with van der Waals surface area (Å²) in [6, 6.07) is 5.54. The van der Waals surface area contributed by atoms with Gasteiger partial charge in [0.05, 0.1) is 18.2 Å². The number of aromatic nitrogens is 1. The van der Waals surface area contributed by atoms with Gasteiger partial charge in [0.15, 0.2) is 5.58 Å². The first-order valence-corrected chi connectivity index (χ1v) is 6.00. The molecule has 6 nitrogen and oxygen atoms in total. The molecule has 1 fully saturated rings. The van der Waals surface area contributed by atoms with E-state index in [0.717, 1.165) is 31.9 Å². The molecule has 3 rings (SSSR count). The Bertz CT molecular complexity index is 584. The number of morpholine rings is 1. The van der Waals surface area contributed by atoms with Crippen molar-refractivity contribution in [2.24, 2.45) is 0 Å². The summed E-state index contributed by atoms with van der Waals surface area (Å²) >= 11 is 0. The third-order valence-electron chi connectivity index (χ3n) is 2.96. The predicted molar refractivity (Wildman–Crippen MR) is 67.9 cm³/mol. The van der Waals surface area contributed by atoms with E-state index in [-0.39, 0.29) is 6.10 Å². The Morgan fingerprint density at radius 1 is 1.44 bits per heavy atom. The van der Waals surface area contributed by atoms with E-state index in [1.54, 1.807) is 0 Å². The number of aromatic amines is 1. The summed E-state index contributed by atoms with van der Waals surface area (Å²) in [7, 11) is 0. The fourth-order valence-electron chi connectivity index (χ4n) is 2.04. The van der Waals surface area contributed by atoms with E-state index in [0.29, 0.717) is 11.1 Å². The van der Waals surface area contributed by atoms with Crippen LogP contribution in [0, 0.1) is 0 Å². The summed E-state index contributed by atoms with van der Waals surface area (Å²) in [5.74, 6) is -0.429. The largest absolute Gasteiger partial charge is 0.417 e. The molecular formula is C12H15N3O3. The number of rotatable bonds is 3. The van der Waals surface area contributed by atoms with Crippen LogP contribution in [0.5, 0.6) is 0 Å². The van der Waals surface area contributed by atoms with Crippen molar-refractivity contribution < 1.29 is 9.15 Å². The molecule has 3 N–H and O–H groups in total. The third kappa shape index (κ3) is 2.39. The molecule has 1 saturated heterocycles. The molecule has 1 atom stereocenters. The molecule has 0 bridgehead atoms. The summed E-state index contributed by atoms with van der Waals surface area (Å²) in [4.78, 5) is 13.6. The maximum absolute atomic E-state index is 11.0. The minimum atomic E-state index is -0.429. The Hall–Kier alpha value is -1.79. The lowest BCUT2D eigenvalue weighted by Crippen LogP contribution is -2.42. The number of ether oxygens (including phenoxy) is 1. The molecule has 0 spiro atoms. The Kier molecular flexibility index (Phi) is 3.04. The van der Waals surface area contributed by atoms with E-state index in [9.17, 15) is 4.79 Å². The van der Waals surface area contributed by atoms with Gasteiger partial charge >= 0.3 is 5.76 Å². The van der Waals surface area contributed by atoms with Crippen molar-refractivity contribution >= 4 is 16.8 Å². The summed E-state index contributed by atoms with van der Waals surface area (Å²) in [5.41, 5.74) is 2.19. The first-order valence-electron chi connectivity index (χ1n) is 6.00. The monoisotopic (exact) mass is 249 g/mol. The Morgan fingerprint density at radius 3 is 3.22 bits per heavy atom. The molecule has 6 heteroatoms. The van der Waals surface area contributed by atoms with Crippen LogP contribution in [0.1, 0.15) is 0 Å². The standard InChI is InChI=1S/C12H15N3O3/c16-12-15-10-2-1-8(5-11(10)18-12)14-7-9-6-13-3-4-17-9/h1-2,5,9,13-14H,3-4,6-7H2,(H,15,16). The van der Waals surface area contributed by atoms with Gasteiger partial charge in [-0.25, -0.2) is 4.79 Å². The molecule has 1 unspecified atom stereocenters. The van der Waals surface area contributed by atoms with Crippen LogP contribution in [0.4, 0.5) is 5.69 Å². The minimum Gasteiger partial charge on any atom is -0.408 e. The molecule has 96 valence electrons. The minimum absolute atomic E-state index is 0.174. The second-order valence-electron chi connectivity index (χ2n) is 4.30. The summed E-state index contributed by atoms with van der Waals surface area (Å²) in [6.07, 6.45) is 0.174. The molecule has 0 amide bonds. The number of anilines is 1. The van der Waals surface area contributed by atoms with Gasteiger partial charge in [-0.05, 0) is 12.1 Å². The zero-order valence-electron chi connectivity index (χ0n) is 9.86. The number of hydrogen-bond donors (Lipinski definition) is 3. The van der Waals surface area contributed by atoms with Crippen molar-refractivity contribution in [3.63, 3.8) is 0 Å². The normalized spacial score (nSPS) is 20.1. The van der Waals surface area contributed by atoms with Crippen LogP contribution >= 0.6 is 0 Å². The molecule has 1 aliphatic rings. The number of H-pyrrole nitrogens is 1. The van der Waals surface area contributed by atoms with Crippen LogP contribution in [0.3, 0.4) is 0 Å². The molecular weight excluding hydrogens is 234 g/mol. The zero-order chi connectivity index (χ0) is 12.4. The van der Waals surface area contributed by atoms with Gasteiger partial charge in [0.2, 0.25) is 0 Å². The molecule has 0 saturated carbocycles. The van der Waals surface area contributed by atoms with E-state index in [1.807, 2.05) is 18.2 Å². The van der Waals surface area contributed by atoms with Gasteiger partial charge < -0.3 is 19.8 Å². The molecule has 2 aromatic rings. The molecule has 1 aliphatic heterocycles.